The van der Waals surface area contributed by atoms with Crippen molar-refractivity contribution in [2.45, 2.75) is 11.1 Å². The number of carbonyl (C=O) groups excluding carboxylic acids is 1. The molecule has 0 aliphatic carbocycles. The molecule has 0 saturated heterocycles. The SMILES string of the molecule is O=C(Nc1nnc(C(F)(F)F)s1)c1ccc(Cl)c(NS(=O)(=O)c2ccc(F)cc2)c1. The van der Waals surface area contributed by atoms with Crippen molar-refractivity contribution in [3.05, 3.63) is 63.9 Å². The minimum atomic E-state index is -4.70. The summed E-state index contributed by atoms with van der Waals surface area (Å²) >= 11 is 6.10. The first-order valence-corrected chi connectivity index (χ1v) is 10.4. The second kappa shape index (κ2) is 8.16. The first kappa shape index (κ1) is 21.9. The van der Waals surface area contributed by atoms with Crippen molar-refractivity contribution >= 4 is 49.7 Å². The van der Waals surface area contributed by atoms with E-state index < -0.39 is 38.1 Å². The van der Waals surface area contributed by atoms with Crippen LogP contribution in [0.3, 0.4) is 0 Å². The van der Waals surface area contributed by atoms with E-state index in [-0.39, 0.29) is 32.5 Å². The Labute approximate surface area is 175 Å². The molecule has 0 aliphatic heterocycles. The number of alkyl halides is 3. The van der Waals surface area contributed by atoms with Gasteiger partial charge in [-0.1, -0.05) is 22.9 Å². The van der Waals surface area contributed by atoms with Crippen LogP contribution < -0.4 is 10.0 Å². The summed E-state index contributed by atoms with van der Waals surface area (Å²) in [4.78, 5) is 12.0. The van der Waals surface area contributed by atoms with E-state index >= 15 is 0 Å². The number of hydrogen-bond acceptors (Lipinski definition) is 6. The van der Waals surface area contributed by atoms with Crippen LogP contribution in [0.1, 0.15) is 15.4 Å². The standard InChI is InChI=1S/C16H9ClF4N4O3S2/c17-11-6-1-8(13(26)22-15-24-23-14(29-15)16(19,20)21)7-12(11)25-30(27,28)10-4-2-9(18)3-5-10/h1-7,25H,(H,22,24,26). The number of nitrogens with one attached hydrogen (secondary N) is 2. The maximum Gasteiger partial charge on any atom is 0.445 e. The molecule has 0 atom stereocenters. The summed E-state index contributed by atoms with van der Waals surface area (Å²) in [6, 6.07) is 7.53. The lowest BCUT2D eigenvalue weighted by Gasteiger charge is -2.11. The number of anilines is 2. The largest absolute Gasteiger partial charge is 0.445 e. The smallest absolute Gasteiger partial charge is 0.296 e. The summed E-state index contributed by atoms with van der Waals surface area (Å²) in [6.07, 6.45) is -4.70. The third-order valence-electron chi connectivity index (χ3n) is 3.48. The molecular weight excluding hydrogens is 472 g/mol. The Kier molecular flexibility index (Phi) is 5.97. The van der Waals surface area contributed by atoms with E-state index in [9.17, 15) is 30.8 Å². The highest BCUT2D eigenvalue weighted by molar-refractivity contribution is 7.92. The van der Waals surface area contributed by atoms with E-state index in [2.05, 4.69) is 20.2 Å². The van der Waals surface area contributed by atoms with E-state index in [1.165, 1.54) is 12.1 Å². The van der Waals surface area contributed by atoms with Crippen molar-refractivity contribution in [3.63, 3.8) is 0 Å². The zero-order valence-electron chi connectivity index (χ0n) is 14.4. The number of aromatic nitrogens is 2. The van der Waals surface area contributed by atoms with Crippen molar-refractivity contribution in [1.82, 2.24) is 10.2 Å². The van der Waals surface area contributed by atoms with Gasteiger partial charge in [0.05, 0.1) is 15.6 Å². The van der Waals surface area contributed by atoms with E-state index in [0.29, 0.717) is 0 Å². The molecule has 1 heterocycles. The van der Waals surface area contributed by atoms with Gasteiger partial charge in [0.15, 0.2) is 0 Å². The van der Waals surface area contributed by atoms with Crippen molar-refractivity contribution in [2.24, 2.45) is 0 Å². The average molecular weight is 481 g/mol. The molecule has 1 aromatic heterocycles. The lowest BCUT2D eigenvalue weighted by Crippen LogP contribution is -2.15. The highest BCUT2D eigenvalue weighted by Gasteiger charge is 2.35. The van der Waals surface area contributed by atoms with Gasteiger partial charge in [0.25, 0.3) is 15.9 Å². The minimum Gasteiger partial charge on any atom is -0.296 e. The molecule has 0 saturated carbocycles. The molecule has 3 aromatic rings. The van der Waals surface area contributed by atoms with Crippen molar-refractivity contribution in [1.29, 1.82) is 0 Å². The molecule has 7 nitrogen and oxygen atoms in total. The van der Waals surface area contributed by atoms with Gasteiger partial charge in [0.1, 0.15) is 5.82 Å². The lowest BCUT2D eigenvalue weighted by atomic mass is 10.2. The number of carbonyl (C=O) groups is 1. The molecular formula is C16H9ClF4N4O3S2. The maximum absolute atomic E-state index is 13.0. The molecule has 3 rings (SSSR count). The zero-order chi connectivity index (χ0) is 22.1. The predicted octanol–water partition coefficient (Wildman–Crippen LogP) is 4.40. The van der Waals surface area contributed by atoms with Crippen molar-refractivity contribution in [2.75, 3.05) is 10.0 Å². The summed E-state index contributed by atoms with van der Waals surface area (Å²) in [5.74, 6) is -1.49. The number of halogens is 5. The number of hydrogen-bond donors (Lipinski definition) is 2. The topological polar surface area (TPSA) is 101 Å². The van der Waals surface area contributed by atoms with Gasteiger partial charge < -0.3 is 0 Å². The summed E-state index contributed by atoms with van der Waals surface area (Å²) in [5, 5.41) is 6.65. The Morgan fingerprint density at radius 3 is 2.33 bits per heavy atom. The molecule has 0 radical (unpaired) electrons. The highest BCUT2D eigenvalue weighted by Crippen LogP contribution is 2.33. The van der Waals surface area contributed by atoms with Crippen LogP contribution in [0, 0.1) is 5.82 Å². The number of rotatable bonds is 5. The van der Waals surface area contributed by atoms with Crippen molar-refractivity contribution < 1.29 is 30.8 Å². The molecule has 2 N–H and O–H groups in total. The maximum atomic E-state index is 13.0. The van der Waals surface area contributed by atoms with Crippen LogP contribution in [0.2, 0.25) is 5.02 Å². The number of nitrogens with zero attached hydrogens (tertiary/aromatic N) is 2. The summed E-state index contributed by atoms with van der Waals surface area (Å²) in [6.45, 7) is 0. The van der Waals surface area contributed by atoms with E-state index in [4.69, 9.17) is 11.6 Å². The van der Waals surface area contributed by atoms with Gasteiger partial charge >= 0.3 is 6.18 Å². The lowest BCUT2D eigenvalue weighted by molar-refractivity contribution is -0.138. The second-order valence-corrected chi connectivity index (χ2v) is 8.69. The first-order chi connectivity index (χ1) is 14.0. The van der Waals surface area contributed by atoms with Gasteiger partial charge in [-0.2, -0.15) is 13.2 Å². The Hall–Kier alpha value is -2.77. The summed E-state index contributed by atoms with van der Waals surface area (Å²) in [5.41, 5.74) is -0.276. The molecule has 158 valence electrons. The minimum absolute atomic E-state index is 0.0486. The monoisotopic (exact) mass is 480 g/mol. The fraction of sp³-hybridized carbons (Fsp3) is 0.0625. The van der Waals surface area contributed by atoms with E-state index in [1.807, 2.05) is 0 Å². The molecule has 1 amide bonds. The third kappa shape index (κ3) is 5.04. The molecule has 0 unspecified atom stereocenters. The van der Waals surface area contributed by atoms with Crippen LogP contribution in [-0.2, 0) is 16.2 Å². The fourth-order valence-electron chi connectivity index (χ4n) is 2.12. The van der Waals surface area contributed by atoms with E-state index in [1.54, 1.807) is 0 Å². The van der Waals surface area contributed by atoms with Crippen LogP contribution in [0.15, 0.2) is 47.4 Å². The first-order valence-electron chi connectivity index (χ1n) is 7.76. The molecule has 0 spiro atoms. The molecule has 0 aliphatic rings. The van der Waals surface area contributed by atoms with Gasteiger partial charge in [0.2, 0.25) is 10.1 Å². The molecule has 0 bridgehead atoms. The van der Waals surface area contributed by atoms with Gasteiger partial charge in [-0.25, -0.2) is 12.8 Å². The van der Waals surface area contributed by atoms with Gasteiger partial charge in [-0.3, -0.25) is 14.8 Å². The summed E-state index contributed by atoms with van der Waals surface area (Å²) < 4.78 is 77.7. The molecule has 30 heavy (non-hydrogen) atoms. The normalized spacial score (nSPS) is 11.9. The highest BCUT2D eigenvalue weighted by atomic mass is 35.5. The molecule has 14 heteroatoms. The quantitative estimate of drug-likeness (QED) is 0.527. The second-order valence-electron chi connectivity index (χ2n) is 5.62. The van der Waals surface area contributed by atoms with Crippen LogP contribution in [0.4, 0.5) is 28.4 Å². The predicted molar refractivity (Wildman–Crippen MR) is 102 cm³/mol. The number of benzene rings is 2. The number of amides is 1. The van der Waals surface area contributed by atoms with E-state index in [0.717, 1.165) is 30.3 Å². The van der Waals surface area contributed by atoms with Crippen LogP contribution in [-0.4, -0.2) is 24.5 Å². The van der Waals surface area contributed by atoms with Crippen LogP contribution >= 0.6 is 22.9 Å². The third-order valence-corrected chi connectivity index (χ3v) is 6.08. The number of sulfonamides is 1. The average Bonchev–Trinajstić information content (AvgIpc) is 3.12. The van der Waals surface area contributed by atoms with Gasteiger partial charge in [-0.15, -0.1) is 10.2 Å². The Morgan fingerprint density at radius 2 is 1.73 bits per heavy atom. The van der Waals surface area contributed by atoms with Gasteiger partial charge in [-0.05, 0) is 42.5 Å². The van der Waals surface area contributed by atoms with Crippen LogP contribution in [0.5, 0.6) is 0 Å². The Balaban J connectivity index is 1.81. The van der Waals surface area contributed by atoms with Crippen molar-refractivity contribution in [3.8, 4) is 0 Å². The zero-order valence-corrected chi connectivity index (χ0v) is 16.8. The summed E-state index contributed by atoms with van der Waals surface area (Å²) in [7, 11) is -4.15. The fourth-order valence-corrected chi connectivity index (χ4v) is 4.02. The molecule has 2 aromatic carbocycles. The Morgan fingerprint density at radius 1 is 1.07 bits per heavy atom. The Bertz CT molecular complexity index is 1200. The van der Waals surface area contributed by atoms with Crippen LogP contribution in [0.25, 0.3) is 0 Å². The molecule has 0 fully saturated rings. The van der Waals surface area contributed by atoms with Gasteiger partial charge in [0, 0.05) is 5.56 Å².